The molecular weight excluding hydrogens is 332 g/mol. The van der Waals surface area contributed by atoms with E-state index in [1.807, 2.05) is 30.3 Å². The maximum absolute atomic E-state index is 12.0. The highest BCUT2D eigenvalue weighted by Crippen LogP contribution is 2.43. The molecule has 3 rings (SSSR count). The van der Waals surface area contributed by atoms with Crippen molar-refractivity contribution in [1.29, 1.82) is 0 Å². The van der Waals surface area contributed by atoms with Gasteiger partial charge in [0, 0.05) is 6.42 Å². The Hall–Kier alpha value is -1.44. The van der Waals surface area contributed by atoms with Crippen molar-refractivity contribution in [2.75, 3.05) is 12.9 Å². The first-order valence-electron chi connectivity index (χ1n) is 8.13. The number of rotatable bonds is 8. The molecule has 132 valence electrons. The number of carbonyl (C=O) groups is 1. The second kappa shape index (κ2) is 7.21. The van der Waals surface area contributed by atoms with Gasteiger partial charge < -0.3 is 9.47 Å². The van der Waals surface area contributed by atoms with Gasteiger partial charge in [-0.3, -0.25) is 8.98 Å². The lowest BCUT2D eigenvalue weighted by Gasteiger charge is -2.21. The van der Waals surface area contributed by atoms with E-state index in [2.05, 4.69) is 0 Å². The molecule has 1 saturated heterocycles. The second-order valence-electron chi connectivity index (χ2n) is 6.49. The Morgan fingerprint density at radius 2 is 1.96 bits per heavy atom. The Morgan fingerprint density at radius 3 is 2.58 bits per heavy atom. The van der Waals surface area contributed by atoms with Gasteiger partial charge in [-0.1, -0.05) is 30.3 Å². The lowest BCUT2D eigenvalue weighted by Crippen LogP contribution is -2.35. The van der Waals surface area contributed by atoms with Crippen LogP contribution in [-0.2, 0) is 35.2 Å². The average Bonchev–Trinajstić information content (AvgIpc) is 3.29. The predicted octanol–water partition coefficient (Wildman–Crippen LogP) is 1.89. The van der Waals surface area contributed by atoms with E-state index in [-0.39, 0.29) is 18.5 Å². The van der Waals surface area contributed by atoms with E-state index in [0.717, 1.165) is 24.7 Å². The molecule has 0 amide bonds. The van der Waals surface area contributed by atoms with Crippen molar-refractivity contribution in [3.8, 4) is 0 Å². The lowest BCUT2D eigenvalue weighted by molar-refractivity contribution is -0.148. The molecule has 1 saturated carbocycles. The topological polar surface area (TPSA) is 78.9 Å². The van der Waals surface area contributed by atoms with E-state index in [9.17, 15) is 13.2 Å². The quantitative estimate of drug-likeness (QED) is 0.524. The Morgan fingerprint density at radius 1 is 1.25 bits per heavy atom. The summed E-state index contributed by atoms with van der Waals surface area (Å²) in [5.41, 5.74) is 0.981. The molecule has 6 nitrogen and oxygen atoms in total. The number of hydrogen-bond donors (Lipinski definition) is 0. The van der Waals surface area contributed by atoms with Gasteiger partial charge in [0.25, 0.3) is 10.1 Å². The molecule has 3 atom stereocenters. The molecule has 0 unspecified atom stereocenters. The summed E-state index contributed by atoms with van der Waals surface area (Å²) in [5, 5.41) is 0. The van der Waals surface area contributed by atoms with Gasteiger partial charge in [0.05, 0.1) is 25.4 Å². The fourth-order valence-electron chi connectivity index (χ4n) is 3.03. The van der Waals surface area contributed by atoms with Gasteiger partial charge in [0.2, 0.25) is 0 Å². The van der Waals surface area contributed by atoms with E-state index < -0.39 is 22.3 Å². The minimum atomic E-state index is -3.67. The standard InChI is InChI=1S/C17H22O6S/c1-24(19,20)23-16(11-21-10-12-5-3-2-4-6-12)15-9-14(13-7-8-13)17(18)22-15/h2-6,13-16H,7-11H2,1H3/t14-,15-,16+/m0/s1. The third kappa shape index (κ3) is 4.78. The van der Waals surface area contributed by atoms with Crippen LogP contribution in [0.1, 0.15) is 24.8 Å². The molecule has 0 aromatic heterocycles. The molecule has 0 N–H and O–H groups in total. The third-order valence-corrected chi connectivity index (χ3v) is 4.95. The first-order valence-corrected chi connectivity index (χ1v) is 9.94. The van der Waals surface area contributed by atoms with Crippen molar-refractivity contribution in [1.82, 2.24) is 0 Å². The van der Waals surface area contributed by atoms with E-state index in [0.29, 0.717) is 18.9 Å². The molecular formula is C17H22O6S. The normalized spacial score (nSPS) is 25.5. The summed E-state index contributed by atoms with van der Waals surface area (Å²) in [4.78, 5) is 12.0. The summed E-state index contributed by atoms with van der Waals surface area (Å²) in [6.45, 7) is 0.397. The van der Waals surface area contributed by atoms with Gasteiger partial charge in [0.15, 0.2) is 0 Å². The molecule has 0 spiro atoms. The van der Waals surface area contributed by atoms with E-state index in [1.165, 1.54) is 0 Å². The van der Waals surface area contributed by atoms with Crippen molar-refractivity contribution in [3.05, 3.63) is 35.9 Å². The molecule has 1 aliphatic carbocycles. The summed E-state index contributed by atoms with van der Waals surface area (Å²) >= 11 is 0. The van der Waals surface area contributed by atoms with Crippen molar-refractivity contribution in [2.45, 2.75) is 38.1 Å². The van der Waals surface area contributed by atoms with Crippen molar-refractivity contribution in [3.63, 3.8) is 0 Å². The van der Waals surface area contributed by atoms with Crippen LogP contribution in [0, 0.1) is 11.8 Å². The van der Waals surface area contributed by atoms with E-state index in [4.69, 9.17) is 13.7 Å². The number of hydrogen-bond acceptors (Lipinski definition) is 6. The zero-order valence-electron chi connectivity index (χ0n) is 13.6. The largest absolute Gasteiger partial charge is 0.459 e. The summed E-state index contributed by atoms with van der Waals surface area (Å²) in [6, 6.07) is 9.57. The van der Waals surface area contributed by atoms with Crippen LogP contribution in [0.25, 0.3) is 0 Å². The van der Waals surface area contributed by atoms with E-state index >= 15 is 0 Å². The molecule has 0 bridgehead atoms. The highest BCUT2D eigenvalue weighted by molar-refractivity contribution is 7.86. The van der Waals surface area contributed by atoms with E-state index in [1.54, 1.807) is 0 Å². The summed E-state index contributed by atoms with van der Waals surface area (Å²) in [6.07, 6.45) is 2.18. The maximum atomic E-state index is 12.0. The molecule has 1 aromatic carbocycles. The summed E-state index contributed by atoms with van der Waals surface area (Å²) < 4.78 is 39.2. The molecule has 1 aromatic rings. The number of ether oxygens (including phenoxy) is 2. The van der Waals surface area contributed by atoms with Crippen LogP contribution in [0.3, 0.4) is 0 Å². The van der Waals surface area contributed by atoms with Crippen LogP contribution < -0.4 is 0 Å². The van der Waals surface area contributed by atoms with Crippen molar-refractivity contribution >= 4 is 16.1 Å². The number of esters is 1. The minimum absolute atomic E-state index is 0.0529. The van der Waals surface area contributed by atoms with Gasteiger partial charge in [-0.25, -0.2) is 0 Å². The first kappa shape index (κ1) is 17.4. The van der Waals surface area contributed by atoms with Crippen LogP contribution >= 0.6 is 0 Å². The third-order valence-electron chi connectivity index (χ3n) is 4.35. The molecule has 7 heteroatoms. The second-order valence-corrected chi connectivity index (χ2v) is 8.10. The highest BCUT2D eigenvalue weighted by Gasteiger charge is 2.47. The van der Waals surface area contributed by atoms with Gasteiger partial charge in [-0.15, -0.1) is 0 Å². The first-order chi connectivity index (χ1) is 11.4. The fraction of sp³-hybridized carbons (Fsp3) is 0.588. The van der Waals surface area contributed by atoms with Crippen LogP contribution in [0.4, 0.5) is 0 Å². The molecule has 2 fully saturated rings. The zero-order valence-corrected chi connectivity index (χ0v) is 14.4. The molecule has 24 heavy (non-hydrogen) atoms. The van der Waals surface area contributed by atoms with Crippen molar-refractivity contribution < 1.29 is 26.9 Å². The van der Waals surface area contributed by atoms with Gasteiger partial charge in [-0.05, 0) is 24.3 Å². The SMILES string of the molecule is CS(=O)(=O)O[C@H](COCc1ccccc1)[C@@H]1C[C@@H](C2CC2)C(=O)O1. The van der Waals surface area contributed by atoms with Crippen molar-refractivity contribution in [2.24, 2.45) is 11.8 Å². The summed E-state index contributed by atoms with van der Waals surface area (Å²) in [5.74, 6) is 0.00839. The Balaban J connectivity index is 1.59. The van der Waals surface area contributed by atoms with Gasteiger partial charge in [0.1, 0.15) is 12.2 Å². The van der Waals surface area contributed by atoms with Gasteiger partial charge >= 0.3 is 5.97 Å². The number of benzene rings is 1. The van der Waals surface area contributed by atoms with Crippen LogP contribution in [0.2, 0.25) is 0 Å². The number of cyclic esters (lactones) is 1. The summed E-state index contributed by atoms with van der Waals surface area (Å²) in [7, 11) is -3.67. The van der Waals surface area contributed by atoms with Crippen LogP contribution in [0.5, 0.6) is 0 Å². The smallest absolute Gasteiger partial charge is 0.309 e. The highest BCUT2D eigenvalue weighted by atomic mass is 32.2. The Labute approximate surface area is 142 Å². The lowest BCUT2D eigenvalue weighted by atomic mass is 9.98. The fourth-order valence-corrected chi connectivity index (χ4v) is 3.66. The average molecular weight is 354 g/mol. The Bertz CT molecular complexity index is 668. The molecule has 1 aliphatic heterocycles. The van der Waals surface area contributed by atoms with Crippen LogP contribution in [-0.4, -0.2) is 39.5 Å². The molecule has 2 aliphatic rings. The zero-order chi connectivity index (χ0) is 17.2. The van der Waals surface area contributed by atoms with Gasteiger partial charge in [-0.2, -0.15) is 8.42 Å². The Kier molecular flexibility index (Phi) is 5.22. The molecule has 0 radical (unpaired) electrons. The number of carbonyl (C=O) groups excluding carboxylic acids is 1. The van der Waals surface area contributed by atoms with Crippen LogP contribution in [0.15, 0.2) is 30.3 Å². The predicted molar refractivity (Wildman–Crippen MR) is 86.5 cm³/mol. The monoisotopic (exact) mass is 354 g/mol. The molecule has 1 heterocycles. The minimum Gasteiger partial charge on any atom is -0.459 e. The maximum Gasteiger partial charge on any atom is 0.309 e.